The Balaban J connectivity index is 1.31. The number of carbonyl (C=O) groups excluding carboxylic acids is 2. The Morgan fingerprint density at radius 3 is 2.83 bits per heavy atom. The third-order valence-electron chi connectivity index (χ3n) is 6.20. The first kappa shape index (κ1) is 18.7. The molecule has 2 aromatic rings. The average molecular weight is 403 g/mol. The van der Waals surface area contributed by atoms with E-state index in [1.807, 2.05) is 36.4 Å². The molecule has 2 aliphatic heterocycles. The number of hydrogen-bond acceptors (Lipinski definition) is 5. The molecule has 2 amide bonds. The van der Waals surface area contributed by atoms with E-state index in [0.29, 0.717) is 24.2 Å². The summed E-state index contributed by atoms with van der Waals surface area (Å²) in [7, 11) is 0. The fraction of sp³-hybridized carbons (Fsp3) is 0.304. The zero-order valence-electron chi connectivity index (χ0n) is 16.8. The fourth-order valence-corrected chi connectivity index (χ4v) is 4.58. The topological polar surface area (TPSA) is 85.5 Å². The van der Waals surface area contributed by atoms with Gasteiger partial charge in [0.1, 0.15) is 5.54 Å². The summed E-state index contributed by atoms with van der Waals surface area (Å²) >= 11 is 0. The Labute approximate surface area is 175 Å². The van der Waals surface area contributed by atoms with Crippen LogP contribution in [0.5, 0.6) is 0 Å². The standard InChI is InChI=1S/C23H25N5O2/c1-15-25-22(30)23(27-15)8-7-16-11-17(5-6-18(16)13-23)21(29)26-19-3-2-4-20(12-19)28-10-9-24-14-28/h2-6,11-12,24,27H,1,7-10,13-14H2,(H,25,30)(H,26,29). The van der Waals surface area contributed by atoms with Crippen LogP contribution in [0.4, 0.5) is 11.4 Å². The zero-order valence-corrected chi connectivity index (χ0v) is 16.8. The highest BCUT2D eigenvalue weighted by molar-refractivity contribution is 6.04. The number of carbonyl (C=O) groups is 2. The van der Waals surface area contributed by atoms with E-state index in [-0.39, 0.29) is 11.8 Å². The first-order chi connectivity index (χ1) is 14.5. The summed E-state index contributed by atoms with van der Waals surface area (Å²) in [6, 6.07) is 13.7. The average Bonchev–Trinajstić information content (AvgIpc) is 3.36. The quantitative estimate of drug-likeness (QED) is 0.627. The molecule has 3 aliphatic rings. The number of fused-ring (bicyclic) bond motifs is 1. The van der Waals surface area contributed by atoms with Gasteiger partial charge in [0, 0.05) is 36.4 Å². The highest BCUT2D eigenvalue weighted by atomic mass is 16.2. The Kier molecular flexibility index (Phi) is 4.47. The number of rotatable bonds is 3. The highest BCUT2D eigenvalue weighted by Crippen LogP contribution is 2.32. The second kappa shape index (κ2) is 7.18. The van der Waals surface area contributed by atoms with Gasteiger partial charge in [0.2, 0.25) is 0 Å². The Morgan fingerprint density at radius 1 is 1.17 bits per heavy atom. The van der Waals surface area contributed by atoms with E-state index in [1.54, 1.807) is 0 Å². The maximum absolute atomic E-state index is 12.9. The SMILES string of the molecule is C=C1NC(=O)C2(CCc3cc(C(=O)Nc4cccc(N5CCNC5)c4)ccc3C2)N1. The lowest BCUT2D eigenvalue weighted by Gasteiger charge is -2.32. The van der Waals surface area contributed by atoms with Crippen LogP contribution in [-0.4, -0.2) is 37.1 Å². The highest BCUT2D eigenvalue weighted by Gasteiger charge is 2.45. The van der Waals surface area contributed by atoms with Crippen LogP contribution in [0.15, 0.2) is 54.9 Å². The first-order valence-electron chi connectivity index (χ1n) is 10.3. The van der Waals surface area contributed by atoms with Gasteiger partial charge in [-0.25, -0.2) is 0 Å². The van der Waals surface area contributed by atoms with Gasteiger partial charge in [-0.1, -0.05) is 18.7 Å². The number of aryl methyl sites for hydroxylation is 1. The van der Waals surface area contributed by atoms with Gasteiger partial charge in [0.25, 0.3) is 11.8 Å². The second-order valence-electron chi connectivity index (χ2n) is 8.23. The molecular formula is C23H25N5O2. The lowest BCUT2D eigenvalue weighted by molar-refractivity contribution is -0.124. The second-order valence-corrected chi connectivity index (χ2v) is 8.23. The molecular weight excluding hydrogens is 378 g/mol. The molecule has 0 aromatic heterocycles. The minimum absolute atomic E-state index is 0.0203. The van der Waals surface area contributed by atoms with E-state index in [0.717, 1.165) is 48.7 Å². The molecule has 2 heterocycles. The summed E-state index contributed by atoms with van der Waals surface area (Å²) in [4.78, 5) is 27.5. The molecule has 0 bridgehead atoms. The van der Waals surface area contributed by atoms with Gasteiger partial charge >= 0.3 is 0 Å². The van der Waals surface area contributed by atoms with E-state index in [2.05, 4.69) is 38.8 Å². The van der Waals surface area contributed by atoms with Crippen molar-refractivity contribution in [3.63, 3.8) is 0 Å². The van der Waals surface area contributed by atoms with E-state index in [9.17, 15) is 9.59 Å². The van der Waals surface area contributed by atoms with Crippen LogP contribution >= 0.6 is 0 Å². The summed E-state index contributed by atoms with van der Waals surface area (Å²) in [6.45, 7) is 6.57. The molecule has 0 radical (unpaired) electrons. The molecule has 0 saturated carbocycles. The normalized spacial score (nSPS) is 22.6. The first-order valence-corrected chi connectivity index (χ1v) is 10.3. The predicted octanol–water partition coefficient (Wildman–Crippen LogP) is 1.72. The number of nitrogens with one attached hydrogen (secondary N) is 4. The summed E-state index contributed by atoms with van der Waals surface area (Å²) in [5, 5.41) is 12.3. The summed E-state index contributed by atoms with van der Waals surface area (Å²) < 4.78 is 0. The third kappa shape index (κ3) is 3.31. The number of hydrogen-bond donors (Lipinski definition) is 4. The molecule has 1 unspecified atom stereocenters. The molecule has 154 valence electrons. The maximum Gasteiger partial charge on any atom is 0.255 e. The van der Waals surface area contributed by atoms with E-state index >= 15 is 0 Å². The molecule has 30 heavy (non-hydrogen) atoms. The Bertz CT molecular complexity index is 1040. The summed E-state index contributed by atoms with van der Waals surface area (Å²) in [5.74, 6) is 0.416. The van der Waals surface area contributed by atoms with Crippen LogP contribution in [0, 0.1) is 0 Å². The van der Waals surface area contributed by atoms with Crippen molar-refractivity contribution in [1.82, 2.24) is 16.0 Å². The van der Waals surface area contributed by atoms with Crippen molar-refractivity contribution in [3.8, 4) is 0 Å². The molecule has 1 aliphatic carbocycles. The molecule has 2 aromatic carbocycles. The number of benzene rings is 2. The Hall–Kier alpha value is -3.32. The van der Waals surface area contributed by atoms with Crippen molar-refractivity contribution >= 4 is 23.2 Å². The van der Waals surface area contributed by atoms with Crippen molar-refractivity contribution in [1.29, 1.82) is 0 Å². The number of nitrogens with zero attached hydrogens (tertiary/aromatic N) is 1. The van der Waals surface area contributed by atoms with Crippen molar-refractivity contribution in [3.05, 3.63) is 71.6 Å². The molecule has 5 rings (SSSR count). The zero-order chi connectivity index (χ0) is 20.7. The van der Waals surface area contributed by atoms with Crippen LogP contribution in [0.3, 0.4) is 0 Å². The van der Waals surface area contributed by atoms with Gasteiger partial charge in [-0.05, 0) is 54.3 Å². The molecule has 7 heteroatoms. The lowest BCUT2D eigenvalue weighted by atomic mass is 9.77. The number of anilines is 2. The predicted molar refractivity (Wildman–Crippen MR) is 116 cm³/mol. The van der Waals surface area contributed by atoms with Gasteiger partial charge in [0.15, 0.2) is 0 Å². The van der Waals surface area contributed by atoms with Gasteiger partial charge in [-0.15, -0.1) is 0 Å². The van der Waals surface area contributed by atoms with E-state index < -0.39 is 5.54 Å². The monoisotopic (exact) mass is 403 g/mol. The summed E-state index contributed by atoms with van der Waals surface area (Å²) in [6.07, 6.45) is 2.02. The Morgan fingerprint density at radius 2 is 2.07 bits per heavy atom. The van der Waals surface area contributed by atoms with Crippen molar-refractivity contribution in [2.24, 2.45) is 0 Å². The molecule has 1 atom stereocenters. The van der Waals surface area contributed by atoms with E-state index in [4.69, 9.17) is 0 Å². The third-order valence-corrected chi connectivity index (χ3v) is 6.20. The van der Waals surface area contributed by atoms with Crippen LogP contribution in [0.2, 0.25) is 0 Å². The van der Waals surface area contributed by atoms with Crippen LogP contribution in [0.25, 0.3) is 0 Å². The molecule has 4 N–H and O–H groups in total. The van der Waals surface area contributed by atoms with Gasteiger partial charge in [-0.2, -0.15) is 0 Å². The minimum Gasteiger partial charge on any atom is -0.358 e. The molecule has 7 nitrogen and oxygen atoms in total. The smallest absolute Gasteiger partial charge is 0.255 e. The van der Waals surface area contributed by atoms with Crippen molar-refractivity contribution in [2.45, 2.75) is 24.8 Å². The molecule has 1 spiro atoms. The number of amides is 2. The maximum atomic E-state index is 12.9. The fourth-order valence-electron chi connectivity index (χ4n) is 4.58. The van der Waals surface area contributed by atoms with Crippen LogP contribution in [-0.2, 0) is 17.6 Å². The largest absolute Gasteiger partial charge is 0.358 e. The van der Waals surface area contributed by atoms with Crippen molar-refractivity contribution in [2.75, 3.05) is 30.0 Å². The minimum atomic E-state index is -0.612. The molecule has 2 fully saturated rings. The molecule has 2 saturated heterocycles. The van der Waals surface area contributed by atoms with Gasteiger partial charge in [0.05, 0.1) is 12.5 Å². The summed E-state index contributed by atoms with van der Waals surface area (Å²) in [5.41, 5.74) is 4.12. The van der Waals surface area contributed by atoms with Crippen LogP contribution in [0.1, 0.15) is 27.9 Å². The van der Waals surface area contributed by atoms with Crippen molar-refractivity contribution < 1.29 is 9.59 Å². The van der Waals surface area contributed by atoms with Gasteiger partial charge < -0.3 is 20.9 Å². The van der Waals surface area contributed by atoms with E-state index in [1.165, 1.54) is 0 Å². The van der Waals surface area contributed by atoms with Crippen LogP contribution < -0.4 is 26.2 Å². The van der Waals surface area contributed by atoms with Gasteiger partial charge in [-0.3, -0.25) is 14.9 Å². The lowest BCUT2D eigenvalue weighted by Crippen LogP contribution is -2.50.